The molecule has 0 atom stereocenters. The first-order chi connectivity index (χ1) is 8.70. The van der Waals surface area contributed by atoms with E-state index in [9.17, 15) is 4.79 Å². The van der Waals surface area contributed by atoms with Gasteiger partial charge in [-0.05, 0) is 30.3 Å². The Bertz CT molecular complexity index is 570. The van der Waals surface area contributed by atoms with Crippen molar-refractivity contribution in [3.63, 3.8) is 0 Å². The second-order valence-corrected chi connectivity index (χ2v) is 3.63. The monoisotopic (exact) mass is 243 g/mol. The largest absolute Gasteiger partial charge is 0.497 e. The van der Waals surface area contributed by atoms with E-state index >= 15 is 0 Å². The standard InChI is InChI=1S/C13H13N3O2/c1-18-10-5-2-4-9(8-10)13(17)16-12-11(14)6-3-7-15-12/h2-8H,14H2,1H3,(H,15,16,17). The van der Waals surface area contributed by atoms with E-state index in [0.717, 1.165) is 0 Å². The highest BCUT2D eigenvalue weighted by atomic mass is 16.5. The number of aromatic nitrogens is 1. The molecular formula is C13H13N3O2. The predicted molar refractivity (Wildman–Crippen MR) is 69.6 cm³/mol. The van der Waals surface area contributed by atoms with Crippen LogP contribution in [-0.2, 0) is 0 Å². The molecule has 0 aliphatic heterocycles. The first-order valence-electron chi connectivity index (χ1n) is 5.36. The van der Waals surface area contributed by atoms with Gasteiger partial charge in [0.25, 0.3) is 5.91 Å². The molecule has 1 amide bonds. The lowest BCUT2D eigenvalue weighted by atomic mass is 10.2. The van der Waals surface area contributed by atoms with E-state index in [1.165, 1.54) is 0 Å². The van der Waals surface area contributed by atoms with Gasteiger partial charge in [-0.25, -0.2) is 4.98 Å². The molecule has 0 fully saturated rings. The van der Waals surface area contributed by atoms with Crippen molar-refractivity contribution in [1.29, 1.82) is 0 Å². The average Bonchev–Trinajstić information content (AvgIpc) is 2.41. The highest BCUT2D eigenvalue weighted by molar-refractivity contribution is 6.05. The van der Waals surface area contributed by atoms with Crippen LogP contribution in [0.4, 0.5) is 11.5 Å². The molecule has 2 aromatic rings. The van der Waals surface area contributed by atoms with Gasteiger partial charge in [0.15, 0.2) is 5.82 Å². The summed E-state index contributed by atoms with van der Waals surface area (Å²) in [4.78, 5) is 16.0. The van der Waals surface area contributed by atoms with Gasteiger partial charge >= 0.3 is 0 Å². The summed E-state index contributed by atoms with van der Waals surface area (Å²) in [6.07, 6.45) is 1.57. The Balaban J connectivity index is 2.19. The summed E-state index contributed by atoms with van der Waals surface area (Å²) in [7, 11) is 1.55. The van der Waals surface area contributed by atoms with Crippen LogP contribution in [-0.4, -0.2) is 18.0 Å². The van der Waals surface area contributed by atoms with Crippen molar-refractivity contribution >= 4 is 17.4 Å². The number of nitrogens with two attached hydrogens (primary N) is 1. The highest BCUT2D eigenvalue weighted by Crippen LogP contribution is 2.17. The maximum atomic E-state index is 12.0. The van der Waals surface area contributed by atoms with Gasteiger partial charge in [0.2, 0.25) is 0 Å². The summed E-state index contributed by atoms with van der Waals surface area (Å²) in [5.74, 6) is 0.696. The number of amides is 1. The Morgan fingerprint density at radius 1 is 1.33 bits per heavy atom. The smallest absolute Gasteiger partial charge is 0.257 e. The fraction of sp³-hybridized carbons (Fsp3) is 0.0769. The number of nitrogens with one attached hydrogen (secondary N) is 1. The predicted octanol–water partition coefficient (Wildman–Crippen LogP) is 1.92. The summed E-state index contributed by atoms with van der Waals surface area (Å²) < 4.78 is 5.06. The highest BCUT2D eigenvalue weighted by Gasteiger charge is 2.09. The number of pyridine rings is 1. The molecule has 1 heterocycles. The van der Waals surface area contributed by atoms with Crippen molar-refractivity contribution in [2.45, 2.75) is 0 Å². The lowest BCUT2D eigenvalue weighted by Crippen LogP contribution is -2.14. The van der Waals surface area contributed by atoms with E-state index < -0.39 is 0 Å². The lowest BCUT2D eigenvalue weighted by Gasteiger charge is -2.07. The molecule has 0 aliphatic rings. The molecule has 1 aromatic heterocycles. The number of ether oxygens (including phenoxy) is 1. The quantitative estimate of drug-likeness (QED) is 0.863. The van der Waals surface area contributed by atoms with Gasteiger partial charge in [-0.15, -0.1) is 0 Å². The van der Waals surface area contributed by atoms with E-state index in [1.54, 1.807) is 49.7 Å². The second kappa shape index (κ2) is 5.18. The van der Waals surface area contributed by atoms with Gasteiger partial charge in [-0.2, -0.15) is 0 Å². The molecule has 92 valence electrons. The van der Waals surface area contributed by atoms with Crippen molar-refractivity contribution in [3.8, 4) is 5.75 Å². The molecule has 0 radical (unpaired) electrons. The molecule has 0 spiro atoms. The maximum Gasteiger partial charge on any atom is 0.257 e. The summed E-state index contributed by atoms with van der Waals surface area (Å²) in [6.45, 7) is 0. The number of carbonyl (C=O) groups excluding carboxylic acids is 1. The number of nitrogen functional groups attached to an aromatic ring is 1. The van der Waals surface area contributed by atoms with Gasteiger partial charge < -0.3 is 15.8 Å². The average molecular weight is 243 g/mol. The molecule has 1 aromatic carbocycles. The summed E-state index contributed by atoms with van der Waals surface area (Å²) in [5.41, 5.74) is 6.61. The zero-order chi connectivity index (χ0) is 13.0. The van der Waals surface area contributed by atoms with Crippen LogP contribution in [0.2, 0.25) is 0 Å². The molecule has 3 N–H and O–H groups in total. The van der Waals surface area contributed by atoms with Gasteiger partial charge in [0.05, 0.1) is 12.8 Å². The van der Waals surface area contributed by atoms with Crippen molar-refractivity contribution in [2.75, 3.05) is 18.2 Å². The fourth-order valence-corrected chi connectivity index (χ4v) is 1.47. The third kappa shape index (κ3) is 2.57. The fourth-order valence-electron chi connectivity index (χ4n) is 1.47. The number of hydrogen-bond donors (Lipinski definition) is 2. The van der Waals surface area contributed by atoms with Gasteiger partial charge in [0, 0.05) is 11.8 Å². The van der Waals surface area contributed by atoms with Crippen LogP contribution >= 0.6 is 0 Å². The molecule has 0 bridgehead atoms. The van der Waals surface area contributed by atoms with Crippen LogP contribution in [0.1, 0.15) is 10.4 Å². The number of methoxy groups -OCH3 is 1. The Morgan fingerprint density at radius 2 is 2.17 bits per heavy atom. The zero-order valence-corrected chi connectivity index (χ0v) is 9.88. The number of nitrogens with zero attached hydrogens (tertiary/aromatic N) is 1. The first-order valence-corrected chi connectivity index (χ1v) is 5.36. The normalized spacial score (nSPS) is 9.83. The minimum Gasteiger partial charge on any atom is -0.497 e. The molecule has 5 nitrogen and oxygen atoms in total. The van der Waals surface area contributed by atoms with Crippen LogP contribution in [0, 0.1) is 0 Å². The van der Waals surface area contributed by atoms with Crippen LogP contribution in [0.5, 0.6) is 5.75 Å². The van der Waals surface area contributed by atoms with Crippen LogP contribution in [0.25, 0.3) is 0 Å². The molecule has 0 saturated carbocycles. The van der Waals surface area contributed by atoms with Crippen LogP contribution in [0.15, 0.2) is 42.6 Å². The van der Waals surface area contributed by atoms with E-state index in [-0.39, 0.29) is 5.91 Å². The minimum absolute atomic E-state index is 0.278. The third-order valence-corrected chi connectivity index (χ3v) is 2.40. The number of carbonyl (C=O) groups is 1. The Hall–Kier alpha value is -2.56. The van der Waals surface area contributed by atoms with Crippen molar-refractivity contribution in [2.24, 2.45) is 0 Å². The lowest BCUT2D eigenvalue weighted by molar-refractivity contribution is 0.102. The molecule has 2 rings (SSSR count). The molecule has 5 heteroatoms. The number of hydrogen-bond acceptors (Lipinski definition) is 4. The van der Waals surface area contributed by atoms with E-state index in [0.29, 0.717) is 22.8 Å². The molecule has 18 heavy (non-hydrogen) atoms. The maximum absolute atomic E-state index is 12.0. The van der Waals surface area contributed by atoms with E-state index in [1.807, 2.05) is 0 Å². The molecular weight excluding hydrogens is 230 g/mol. The van der Waals surface area contributed by atoms with Gasteiger partial charge in [-0.3, -0.25) is 4.79 Å². The third-order valence-electron chi connectivity index (χ3n) is 2.40. The Labute approximate surface area is 105 Å². The molecule has 0 aliphatic carbocycles. The zero-order valence-electron chi connectivity index (χ0n) is 9.88. The van der Waals surface area contributed by atoms with Crippen LogP contribution in [0.3, 0.4) is 0 Å². The summed E-state index contributed by atoms with van der Waals surface area (Å²) in [5, 5.41) is 2.65. The van der Waals surface area contributed by atoms with Crippen molar-refractivity contribution < 1.29 is 9.53 Å². The summed E-state index contributed by atoms with van der Waals surface area (Å²) >= 11 is 0. The Morgan fingerprint density at radius 3 is 2.89 bits per heavy atom. The van der Waals surface area contributed by atoms with Crippen molar-refractivity contribution in [1.82, 2.24) is 4.98 Å². The van der Waals surface area contributed by atoms with Crippen molar-refractivity contribution in [3.05, 3.63) is 48.2 Å². The topological polar surface area (TPSA) is 77.2 Å². The van der Waals surface area contributed by atoms with E-state index in [4.69, 9.17) is 10.5 Å². The molecule has 0 saturated heterocycles. The van der Waals surface area contributed by atoms with Gasteiger partial charge in [-0.1, -0.05) is 6.07 Å². The number of rotatable bonds is 3. The number of benzene rings is 1. The molecule has 0 unspecified atom stereocenters. The van der Waals surface area contributed by atoms with Gasteiger partial charge in [0.1, 0.15) is 5.75 Å². The number of anilines is 2. The minimum atomic E-state index is -0.278. The second-order valence-electron chi connectivity index (χ2n) is 3.63. The summed E-state index contributed by atoms with van der Waals surface area (Å²) in [6, 6.07) is 10.2. The Kier molecular flexibility index (Phi) is 3.43. The van der Waals surface area contributed by atoms with E-state index in [2.05, 4.69) is 10.3 Å². The van der Waals surface area contributed by atoms with Crippen LogP contribution < -0.4 is 15.8 Å². The SMILES string of the molecule is COc1cccc(C(=O)Nc2ncccc2N)c1. The first kappa shape index (κ1) is 11.9.